The van der Waals surface area contributed by atoms with Gasteiger partial charge in [0.2, 0.25) is 0 Å². The van der Waals surface area contributed by atoms with E-state index in [-0.39, 0.29) is 0 Å². The highest BCUT2D eigenvalue weighted by molar-refractivity contribution is 6.30. The fraction of sp³-hybridized carbons (Fsp3) is 0.273. The molecule has 2 rings (SSSR count). The molecule has 0 radical (unpaired) electrons. The maximum Gasteiger partial charge on any atom is 0.111 e. The minimum absolute atomic E-state index is 0.541. The highest BCUT2D eigenvalue weighted by Crippen LogP contribution is 2.19. The fourth-order valence-electron chi connectivity index (χ4n) is 1.42. The third-order valence-electron chi connectivity index (χ3n) is 2.36. The van der Waals surface area contributed by atoms with Gasteiger partial charge in [-0.3, -0.25) is 0 Å². The first-order valence-electron chi connectivity index (χ1n) is 4.95. The van der Waals surface area contributed by atoms with E-state index >= 15 is 0 Å². The van der Waals surface area contributed by atoms with Crippen LogP contribution >= 0.6 is 11.6 Å². The summed E-state index contributed by atoms with van der Waals surface area (Å²) < 4.78 is 1.61. The molecule has 16 heavy (non-hydrogen) atoms. The minimum Gasteiger partial charge on any atom is -0.387 e. The van der Waals surface area contributed by atoms with Crippen molar-refractivity contribution in [1.82, 2.24) is 15.0 Å². The number of benzene rings is 1. The highest BCUT2D eigenvalue weighted by Gasteiger charge is 2.09. The Morgan fingerprint density at radius 1 is 1.44 bits per heavy atom. The molecular formula is C11H12ClN3O. The first-order valence-corrected chi connectivity index (χ1v) is 5.32. The normalized spacial score (nSPS) is 12.8. The zero-order chi connectivity index (χ0) is 11.7. The number of halogens is 1. The van der Waals surface area contributed by atoms with Crippen molar-refractivity contribution in [3.63, 3.8) is 0 Å². The third kappa shape index (κ3) is 2.08. The molecule has 1 unspecified atom stereocenters. The average Bonchev–Trinajstić information content (AvgIpc) is 2.70. The molecule has 1 heterocycles. The van der Waals surface area contributed by atoms with Crippen LogP contribution in [0.25, 0.3) is 5.69 Å². The second-order valence-electron chi connectivity index (χ2n) is 3.69. The number of rotatable bonds is 2. The largest absolute Gasteiger partial charge is 0.387 e. The first-order chi connectivity index (χ1) is 7.58. The Morgan fingerprint density at radius 3 is 2.81 bits per heavy atom. The van der Waals surface area contributed by atoms with Gasteiger partial charge in [-0.15, -0.1) is 5.10 Å². The summed E-state index contributed by atoms with van der Waals surface area (Å²) in [6.07, 6.45) is 1.08. The molecule has 1 aromatic carbocycles. The Labute approximate surface area is 98.5 Å². The molecule has 0 amide bonds. The molecular weight excluding hydrogens is 226 g/mol. The van der Waals surface area contributed by atoms with E-state index in [1.807, 2.05) is 25.1 Å². The Kier molecular flexibility index (Phi) is 2.94. The molecule has 0 bridgehead atoms. The van der Waals surface area contributed by atoms with Gasteiger partial charge in [-0.05, 0) is 31.5 Å². The lowest BCUT2D eigenvalue weighted by atomic mass is 10.2. The Morgan fingerprint density at radius 2 is 2.19 bits per heavy atom. The average molecular weight is 238 g/mol. The van der Waals surface area contributed by atoms with Crippen molar-refractivity contribution in [3.05, 3.63) is 40.7 Å². The third-order valence-corrected chi connectivity index (χ3v) is 2.59. The lowest BCUT2D eigenvalue weighted by molar-refractivity contribution is 0.194. The highest BCUT2D eigenvalue weighted by atomic mass is 35.5. The van der Waals surface area contributed by atoms with E-state index in [1.165, 1.54) is 0 Å². The van der Waals surface area contributed by atoms with Crippen molar-refractivity contribution < 1.29 is 5.11 Å². The second kappa shape index (κ2) is 4.23. The van der Waals surface area contributed by atoms with Gasteiger partial charge in [0.15, 0.2) is 0 Å². The van der Waals surface area contributed by atoms with Crippen molar-refractivity contribution in [2.24, 2.45) is 0 Å². The summed E-state index contributed by atoms with van der Waals surface area (Å²) in [7, 11) is 0. The van der Waals surface area contributed by atoms with Crippen molar-refractivity contribution in [3.8, 4) is 5.69 Å². The smallest absolute Gasteiger partial charge is 0.111 e. The van der Waals surface area contributed by atoms with Crippen LogP contribution in [0.2, 0.25) is 5.02 Å². The van der Waals surface area contributed by atoms with Gasteiger partial charge < -0.3 is 5.11 Å². The quantitative estimate of drug-likeness (QED) is 0.872. The summed E-state index contributed by atoms with van der Waals surface area (Å²) in [5.74, 6) is 0. The molecule has 5 heteroatoms. The SMILES string of the molecule is Cc1ccc(Cl)cc1-n1cc(C(C)O)nn1. The number of hydrogen-bond donors (Lipinski definition) is 1. The molecule has 1 atom stereocenters. The number of aromatic nitrogens is 3. The molecule has 2 aromatic rings. The Balaban J connectivity index is 2.46. The summed E-state index contributed by atoms with van der Waals surface area (Å²) in [6, 6.07) is 5.56. The van der Waals surface area contributed by atoms with Crippen LogP contribution in [0.3, 0.4) is 0 Å². The van der Waals surface area contributed by atoms with E-state index < -0.39 is 6.10 Å². The number of aryl methyl sites for hydroxylation is 1. The Hall–Kier alpha value is -1.39. The van der Waals surface area contributed by atoms with Crippen LogP contribution in [0, 0.1) is 6.92 Å². The second-order valence-corrected chi connectivity index (χ2v) is 4.13. The first kappa shape index (κ1) is 11.1. The Bertz CT molecular complexity index is 508. The number of aliphatic hydroxyl groups excluding tert-OH is 1. The molecule has 0 aliphatic rings. The zero-order valence-corrected chi connectivity index (χ0v) is 9.81. The molecule has 1 N–H and O–H groups in total. The van der Waals surface area contributed by atoms with E-state index in [0.29, 0.717) is 10.7 Å². The fourth-order valence-corrected chi connectivity index (χ4v) is 1.58. The molecule has 0 saturated carbocycles. The van der Waals surface area contributed by atoms with Gasteiger partial charge in [-0.2, -0.15) is 0 Å². The number of nitrogens with zero attached hydrogens (tertiary/aromatic N) is 3. The molecule has 0 spiro atoms. The molecule has 0 saturated heterocycles. The molecule has 0 aliphatic heterocycles. The van der Waals surface area contributed by atoms with E-state index in [2.05, 4.69) is 10.3 Å². The predicted molar refractivity (Wildman–Crippen MR) is 61.7 cm³/mol. The number of hydrogen-bond acceptors (Lipinski definition) is 3. The van der Waals surface area contributed by atoms with Gasteiger partial charge >= 0.3 is 0 Å². The zero-order valence-electron chi connectivity index (χ0n) is 9.05. The van der Waals surface area contributed by atoms with Crippen LogP contribution in [0.5, 0.6) is 0 Å². The van der Waals surface area contributed by atoms with Crippen LogP contribution in [0.4, 0.5) is 0 Å². The summed E-state index contributed by atoms with van der Waals surface area (Å²) in [6.45, 7) is 3.62. The number of aliphatic hydroxyl groups is 1. The van der Waals surface area contributed by atoms with Crippen LogP contribution in [-0.2, 0) is 0 Å². The lowest BCUT2D eigenvalue weighted by Crippen LogP contribution is -1.97. The van der Waals surface area contributed by atoms with Gasteiger partial charge in [0.1, 0.15) is 5.69 Å². The van der Waals surface area contributed by atoms with Crippen molar-refractivity contribution in [2.75, 3.05) is 0 Å². The van der Waals surface area contributed by atoms with Gasteiger partial charge in [0.25, 0.3) is 0 Å². The maximum absolute atomic E-state index is 9.37. The molecule has 4 nitrogen and oxygen atoms in total. The van der Waals surface area contributed by atoms with Gasteiger partial charge in [0.05, 0.1) is 18.0 Å². The summed E-state index contributed by atoms with van der Waals surface area (Å²) in [5, 5.41) is 17.9. The van der Waals surface area contributed by atoms with Crippen LogP contribution in [0.1, 0.15) is 24.3 Å². The standard InChI is InChI=1S/C11H12ClN3O/c1-7-3-4-9(12)5-11(7)15-6-10(8(2)16)13-14-15/h3-6,8,16H,1-2H3. The monoisotopic (exact) mass is 237 g/mol. The molecule has 0 fully saturated rings. The maximum atomic E-state index is 9.37. The van der Waals surface area contributed by atoms with E-state index in [4.69, 9.17) is 11.6 Å². The van der Waals surface area contributed by atoms with Crippen molar-refractivity contribution in [1.29, 1.82) is 0 Å². The predicted octanol–water partition coefficient (Wildman–Crippen LogP) is 2.28. The van der Waals surface area contributed by atoms with E-state index in [1.54, 1.807) is 17.8 Å². The van der Waals surface area contributed by atoms with Gasteiger partial charge in [-0.1, -0.05) is 22.9 Å². The van der Waals surface area contributed by atoms with E-state index in [0.717, 1.165) is 11.3 Å². The summed E-state index contributed by atoms with van der Waals surface area (Å²) >= 11 is 5.93. The molecule has 1 aromatic heterocycles. The minimum atomic E-state index is -0.617. The van der Waals surface area contributed by atoms with Crippen molar-refractivity contribution in [2.45, 2.75) is 20.0 Å². The van der Waals surface area contributed by atoms with Crippen LogP contribution in [-0.4, -0.2) is 20.1 Å². The van der Waals surface area contributed by atoms with Gasteiger partial charge in [0, 0.05) is 5.02 Å². The lowest BCUT2D eigenvalue weighted by Gasteiger charge is -2.04. The topological polar surface area (TPSA) is 50.9 Å². The molecule has 84 valence electrons. The summed E-state index contributed by atoms with van der Waals surface area (Å²) in [5.41, 5.74) is 2.46. The van der Waals surface area contributed by atoms with Gasteiger partial charge in [-0.25, -0.2) is 4.68 Å². The molecule has 0 aliphatic carbocycles. The van der Waals surface area contributed by atoms with E-state index in [9.17, 15) is 5.11 Å². The van der Waals surface area contributed by atoms with Crippen LogP contribution in [0.15, 0.2) is 24.4 Å². The summed E-state index contributed by atoms with van der Waals surface area (Å²) in [4.78, 5) is 0. The van der Waals surface area contributed by atoms with Crippen molar-refractivity contribution >= 4 is 11.6 Å². The van der Waals surface area contributed by atoms with Crippen LogP contribution < -0.4 is 0 Å².